The summed E-state index contributed by atoms with van der Waals surface area (Å²) in [5.41, 5.74) is 1.24. The average molecular weight is 725 g/mol. The summed E-state index contributed by atoms with van der Waals surface area (Å²) >= 11 is 0. The zero-order valence-corrected chi connectivity index (χ0v) is 31.5. The third-order valence-electron chi connectivity index (χ3n) is 9.68. The topological polar surface area (TPSA) is 130 Å². The highest BCUT2D eigenvalue weighted by atomic mass is 16.6. The van der Waals surface area contributed by atoms with E-state index in [4.69, 9.17) is 28.4 Å². The van der Waals surface area contributed by atoms with Crippen LogP contribution in [0.25, 0.3) is 0 Å². The maximum Gasteiger partial charge on any atom is 0.325 e. The first-order valence-corrected chi connectivity index (χ1v) is 18.8. The quantitative estimate of drug-likeness (QED) is 0.0854. The smallest absolute Gasteiger partial charge is 0.325 e. The number of rotatable bonds is 20. The fraction of sp³-hybridized carbons (Fsp3) is 0.600. The van der Waals surface area contributed by atoms with E-state index in [0.29, 0.717) is 48.3 Å². The van der Waals surface area contributed by atoms with Gasteiger partial charge in [-0.05, 0) is 61.1 Å². The summed E-state index contributed by atoms with van der Waals surface area (Å²) in [6.07, 6.45) is 5.69. The summed E-state index contributed by atoms with van der Waals surface area (Å²) in [6, 6.07) is 9.85. The van der Waals surface area contributed by atoms with Gasteiger partial charge in [0.05, 0.1) is 52.7 Å². The number of esters is 4. The van der Waals surface area contributed by atoms with E-state index in [2.05, 4.69) is 0 Å². The van der Waals surface area contributed by atoms with Gasteiger partial charge in [0.15, 0.2) is 0 Å². The molecule has 52 heavy (non-hydrogen) atoms. The Bertz CT molecular complexity index is 1340. The maximum atomic E-state index is 14.5. The molecule has 0 spiro atoms. The second-order valence-electron chi connectivity index (χ2n) is 13.2. The molecule has 0 aliphatic carbocycles. The summed E-state index contributed by atoms with van der Waals surface area (Å²) in [6.45, 7) is 8.57. The molecule has 12 nitrogen and oxygen atoms in total. The van der Waals surface area contributed by atoms with Crippen molar-refractivity contribution < 1.29 is 47.6 Å². The van der Waals surface area contributed by atoms with E-state index in [9.17, 15) is 19.2 Å². The second-order valence-corrected chi connectivity index (χ2v) is 13.2. The molecule has 2 heterocycles. The molecule has 286 valence electrons. The molecule has 2 aromatic rings. The third kappa shape index (κ3) is 9.25. The van der Waals surface area contributed by atoms with Crippen molar-refractivity contribution in [1.82, 2.24) is 10.0 Å². The lowest BCUT2D eigenvalue weighted by Crippen LogP contribution is -2.47. The van der Waals surface area contributed by atoms with Gasteiger partial charge < -0.3 is 28.4 Å². The number of carbonyl (C=O) groups excluding carboxylic acids is 4. The highest BCUT2D eigenvalue weighted by molar-refractivity contribution is 5.90. The molecular weight excluding hydrogens is 668 g/mol. The largest absolute Gasteiger partial charge is 0.497 e. The molecule has 0 unspecified atom stereocenters. The molecule has 2 aliphatic rings. The van der Waals surface area contributed by atoms with Crippen LogP contribution < -0.4 is 9.47 Å². The van der Waals surface area contributed by atoms with E-state index >= 15 is 0 Å². The molecule has 2 saturated heterocycles. The highest BCUT2D eigenvalue weighted by Crippen LogP contribution is 2.56. The van der Waals surface area contributed by atoms with Gasteiger partial charge in [-0.15, -0.1) is 0 Å². The van der Waals surface area contributed by atoms with E-state index in [0.717, 1.165) is 25.7 Å². The Morgan fingerprint density at radius 1 is 0.481 bits per heavy atom. The van der Waals surface area contributed by atoms with E-state index < -0.39 is 59.9 Å². The third-order valence-corrected chi connectivity index (χ3v) is 9.68. The molecule has 0 amide bonds. The average Bonchev–Trinajstić information content (AvgIpc) is 3.68. The minimum atomic E-state index is -1.26. The predicted molar refractivity (Wildman–Crippen MR) is 193 cm³/mol. The van der Waals surface area contributed by atoms with Crippen LogP contribution in [0.15, 0.2) is 48.5 Å². The van der Waals surface area contributed by atoms with Gasteiger partial charge in [-0.1, -0.05) is 77.6 Å². The Morgan fingerprint density at radius 3 is 1.04 bits per heavy atom. The summed E-state index contributed by atoms with van der Waals surface area (Å²) in [4.78, 5) is 57.7. The van der Waals surface area contributed by atoms with Crippen molar-refractivity contribution in [2.75, 3.05) is 40.6 Å². The lowest BCUT2D eigenvalue weighted by molar-refractivity contribution is -0.163. The van der Waals surface area contributed by atoms with E-state index in [1.165, 1.54) is 0 Å². The number of hydrogen-bond donors (Lipinski definition) is 0. The van der Waals surface area contributed by atoms with Gasteiger partial charge in [0.25, 0.3) is 0 Å². The van der Waals surface area contributed by atoms with Crippen molar-refractivity contribution in [1.29, 1.82) is 0 Å². The molecule has 2 aliphatic heterocycles. The van der Waals surface area contributed by atoms with E-state index in [-0.39, 0.29) is 26.4 Å². The molecular formula is C40H56N2O10. The van der Waals surface area contributed by atoms with Gasteiger partial charge in [-0.2, -0.15) is 0 Å². The van der Waals surface area contributed by atoms with Gasteiger partial charge in [-0.3, -0.25) is 19.2 Å². The van der Waals surface area contributed by atoms with Gasteiger partial charge in [0, 0.05) is 0 Å². The summed E-state index contributed by atoms with van der Waals surface area (Å²) in [5, 5.41) is 3.41. The minimum Gasteiger partial charge on any atom is -0.497 e. The Labute approximate surface area is 308 Å². The fourth-order valence-electron chi connectivity index (χ4n) is 6.90. The first kappa shape index (κ1) is 40.6. The molecule has 4 rings (SSSR count). The highest BCUT2D eigenvalue weighted by Gasteiger charge is 2.69. The Kier molecular flexibility index (Phi) is 15.8. The van der Waals surface area contributed by atoms with Crippen molar-refractivity contribution in [2.24, 2.45) is 11.8 Å². The van der Waals surface area contributed by atoms with Crippen LogP contribution in [0, 0.1) is 11.8 Å². The summed E-state index contributed by atoms with van der Waals surface area (Å²) < 4.78 is 34.4. The number of ether oxygens (including phenoxy) is 6. The first-order chi connectivity index (χ1) is 25.3. The van der Waals surface area contributed by atoms with Crippen LogP contribution in [0.1, 0.15) is 102 Å². The second kappa shape index (κ2) is 20.2. The van der Waals surface area contributed by atoms with Crippen molar-refractivity contribution in [2.45, 2.75) is 103 Å². The molecule has 0 N–H and O–H groups in total. The molecule has 2 aromatic carbocycles. The monoisotopic (exact) mass is 724 g/mol. The van der Waals surface area contributed by atoms with E-state index in [1.54, 1.807) is 72.8 Å². The molecule has 0 saturated carbocycles. The lowest BCUT2D eigenvalue weighted by atomic mass is 9.82. The first-order valence-electron chi connectivity index (χ1n) is 18.8. The van der Waals surface area contributed by atoms with Crippen molar-refractivity contribution >= 4 is 23.9 Å². The number of carbonyl (C=O) groups is 4. The van der Waals surface area contributed by atoms with Crippen LogP contribution in [0.5, 0.6) is 11.5 Å². The minimum absolute atomic E-state index is 0.142. The molecule has 12 heteroatoms. The maximum absolute atomic E-state index is 14.5. The van der Waals surface area contributed by atoms with Crippen LogP contribution in [0.2, 0.25) is 0 Å². The van der Waals surface area contributed by atoms with Crippen molar-refractivity contribution in [3.8, 4) is 11.5 Å². The number of nitrogens with zero attached hydrogens (tertiary/aromatic N) is 2. The standard InChI is InChI=1S/C40H56N2O10/c1-7-11-23-49-37(43)31-33(27-15-19-29(47-5)20-16-27)41-36(40(46)52-26-14-10-4)32(38(44)50-24-12-8-2)34(28-17-21-30(48-6)22-18-28)42(41)35(31)39(45)51-25-13-9-3/h15-22,31-36H,7-14,23-26H2,1-6H3/t31-,32-,33+,34+,35-,36+/m0/s1. The number of fused-ring (bicyclic) bond motifs is 1. The normalized spacial score (nSPS) is 22.7. The van der Waals surface area contributed by atoms with Crippen LogP contribution >= 0.6 is 0 Å². The van der Waals surface area contributed by atoms with E-state index in [1.807, 2.05) is 27.7 Å². The Hall–Kier alpha value is -4.16. The SMILES string of the molecule is CCCCOC(=O)[C@@H]1[C@@H](C(=O)OCCCC)N2[C@H](c3ccc(OC)cc3)[C@H](C(=O)OCCCC)[C@H](C(=O)OCCCC)N2[C@@H]1c1ccc(OC)cc1. The molecule has 0 bridgehead atoms. The van der Waals surface area contributed by atoms with Crippen molar-refractivity contribution in [3.63, 3.8) is 0 Å². The molecule has 6 atom stereocenters. The zero-order chi connectivity index (χ0) is 37.6. The molecule has 0 aromatic heterocycles. The molecule has 0 radical (unpaired) electrons. The van der Waals surface area contributed by atoms with Crippen molar-refractivity contribution in [3.05, 3.63) is 59.7 Å². The number of unbranched alkanes of at least 4 members (excludes halogenated alkanes) is 4. The predicted octanol–water partition coefficient (Wildman–Crippen LogP) is 6.38. The van der Waals surface area contributed by atoms with Crippen LogP contribution in [-0.2, 0) is 38.1 Å². The van der Waals surface area contributed by atoms with Gasteiger partial charge in [0.1, 0.15) is 35.4 Å². The van der Waals surface area contributed by atoms with Gasteiger partial charge in [0.2, 0.25) is 0 Å². The Morgan fingerprint density at radius 2 is 0.769 bits per heavy atom. The molecule has 2 fully saturated rings. The Balaban J connectivity index is 2.01. The number of hydrazine groups is 1. The van der Waals surface area contributed by atoms with Crippen LogP contribution in [0.3, 0.4) is 0 Å². The lowest BCUT2D eigenvalue weighted by Gasteiger charge is -2.32. The summed E-state index contributed by atoms with van der Waals surface area (Å²) in [7, 11) is 3.11. The van der Waals surface area contributed by atoms with Crippen LogP contribution in [0.4, 0.5) is 0 Å². The zero-order valence-electron chi connectivity index (χ0n) is 31.5. The number of benzene rings is 2. The summed E-state index contributed by atoms with van der Waals surface area (Å²) in [5.74, 6) is -3.61. The fourth-order valence-corrected chi connectivity index (χ4v) is 6.90. The van der Waals surface area contributed by atoms with Gasteiger partial charge in [-0.25, -0.2) is 10.0 Å². The van der Waals surface area contributed by atoms with Crippen LogP contribution in [-0.4, -0.2) is 86.6 Å². The number of methoxy groups -OCH3 is 2. The van der Waals surface area contributed by atoms with Gasteiger partial charge >= 0.3 is 23.9 Å². The number of hydrogen-bond acceptors (Lipinski definition) is 12.